The van der Waals surface area contributed by atoms with E-state index >= 15 is 0 Å². The number of allylic oxidation sites excluding steroid dienone is 2. The summed E-state index contributed by atoms with van der Waals surface area (Å²) in [6.45, 7) is 0.131. The van der Waals surface area contributed by atoms with E-state index in [0.717, 1.165) is 15.9 Å². The number of imide groups is 1. The van der Waals surface area contributed by atoms with Crippen LogP contribution >= 0.6 is 15.9 Å². The van der Waals surface area contributed by atoms with Crippen molar-refractivity contribution in [1.82, 2.24) is 5.01 Å². The largest absolute Gasteiger partial charge is 0.480 e. The lowest BCUT2D eigenvalue weighted by Gasteiger charge is -2.37. The van der Waals surface area contributed by atoms with Gasteiger partial charge in [-0.25, -0.2) is 0 Å². The molecule has 136 valence electrons. The van der Waals surface area contributed by atoms with Crippen molar-refractivity contribution in [2.75, 3.05) is 6.61 Å². The molecule has 0 spiro atoms. The Labute approximate surface area is 165 Å². The van der Waals surface area contributed by atoms with Crippen molar-refractivity contribution in [3.63, 3.8) is 0 Å². The summed E-state index contributed by atoms with van der Waals surface area (Å²) >= 11 is 3.41. The first-order valence-electron chi connectivity index (χ1n) is 9.06. The second-order valence-corrected chi connectivity index (χ2v) is 8.48. The summed E-state index contributed by atoms with van der Waals surface area (Å²) in [5, 5.41) is 5.32. The molecule has 3 fully saturated rings. The fourth-order valence-electron chi connectivity index (χ4n) is 5.05. The molecule has 2 amide bonds. The molecule has 1 aliphatic heterocycles. The van der Waals surface area contributed by atoms with Crippen LogP contribution in [-0.2, 0) is 9.59 Å². The number of hydrazone groups is 1. The molecule has 0 radical (unpaired) electrons. The Balaban J connectivity index is 1.43. The molecule has 0 unspecified atom stereocenters. The first-order valence-corrected chi connectivity index (χ1v) is 9.85. The molecule has 5 nitrogen and oxygen atoms in total. The first kappa shape index (κ1) is 16.8. The number of hydrogen-bond donors (Lipinski definition) is 0. The molecule has 5 aliphatic rings. The highest BCUT2D eigenvalue weighted by Gasteiger charge is 2.67. The molecular formula is C21H17BrN2O3. The van der Waals surface area contributed by atoms with Crippen LogP contribution in [0.15, 0.2) is 39.9 Å². The Bertz CT molecular complexity index is 911. The molecule has 6 heteroatoms. The fraction of sp³-hybridized carbons (Fsp3) is 0.381. The smallest absolute Gasteiger partial charge is 0.254 e. The Morgan fingerprint density at radius 2 is 1.89 bits per heavy atom. The van der Waals surface area contributed by atoms with E-state index in [9.17, 15) is 9.59 Å². The van der Waals surface area contributed by atoms with Crippen LogP contribution in [0.1, 0.15) is 12.0 Å². The second-order valence-electron chi connectivity index (χ2n) is 7.56. The van der Waals surface area contributed by atoms with Crippen molar-refractivity contribution in [3.05, 3.63) is 40.4 Å². The van der Waals surface area contributed by atoms with Crippen molar-refractivity contribution >= 4 is 34.0 Å². The van der Waals surface area contributed by atoms with Crippen LogP contribution in [0.2, 0.25) is 0 Å². The summed E-state index contributed by atoms with van der Waals surface area (Å²) in [5.74, 6) is 3.70. The second kappa shape index (κ2) is 6.07. The third-order valence-corrected chi connectivity index (χ3v) is 6.73. The third kappa shape index (κ3) is 2.49. The number of carbonyl (C=O) groups is 2. The average molecular weight is 425 g/mol. The highest BCUT2D eigenvalue weighted by atomic mass is 79.9. The summed E-state index contributed by atoms with van der Waals surface area (Å²) in [7, 11) is 0. The van der Waals surface area contributed by atoms with Gasteiger partial charge in [0.15, 0.2) is 0 Å². The lowest BCUT2D eigenvalue weighted by atomic mass is 9.63. The normalized spacial score (nSPS) is 35.3. The van der Waals surface area contributed by atoms with Gasteiger partial charge in [-0.2, -0.15) is 10.1 Å². The van der Waals surface area contributed by atoms with Gasteiger partial charge < -0.3 is 4.74 Å². The monoisotopic (exact) mass is 424 g/mol. The number of benzene rings is 1. The van der Waals surface area contributed by atoms with Crippen LogP contribution in [0.25, 0.3) is 0 Å². The highest BCUT2D eigenvalue weighted by molar-refractivity contribution is 9.10. The summed E-state index contributed by atoms with van der Waals surface area (Å²) in [6, 6.07) is 5.42. The van der Waals surface area contributed by atoms with Crippen LogP contribution in [0.5, 0.6) is 5.75 Å². The van der Waals surface area contributed by atoms with Crippen LogP contribution in [0, 0.1) is 47.9 Å². The average Bonchev–Trinajstić information content (AvgIpc) is 3.45. The molecule has 1 heterocycles. The highest BCUT2D eigenvalue weighted by Crippen LogP contribution is 2.65. The number of ether oxygens (including phenoxy) is 1. The lowest BCUT2D eigenvalue weighted by Crippen LogP contribution is -2.40. The molecule has 0 N–H and O–H groups in total. The van der Waals surface area contributed by atoms with Gasteiger partial charge in [0.25, 0.3) is 11.8 Å². The minimum absolute atomic E-state index is 0.131. The number of rotatable bonds is 4. The van der Waals surface area contributed by atoms with E-state index < -0.39 is 0 Å². The Kier molecular flexibility index (Phi) is 3.76. The lowest BCUT2D eigenvalue weighted by molar-refractivity contribution is -0.140. The summed E-state index contributed by atoms with van der Waals surface area (Å²) in [6.07, 6.45) is 12.2. The standard InChI is InChI=1S/C21H17BrN2O3/c1-2-7-27-17-6-3-12(22)8-11(17)10-23-24-20(25)18-13-4-5-14(16-9-15(13)16)19(18)21(24)26/h1,3-6,8,10,13-16,18-19H,7,9H2/b23-10-/t13-,14-,15-,16+,18-,19+/m0/s1. The number of amides is 2. The number of halogens is 1. The minimum Gasteiger partial charge on any atom is -0.480 e. The SMILES string of the molecule is C#CCOc1ccc(Br)cc1/C=N\N1C(=O)[C@@H]2[C@H]3C=C[C@@H]([C@@H]4C[C@H]34)[C@@H]2C1=O. The summed E-state index contributed by atoms with van der Waals surface area (Å²) < 4.78 is 6.36. The molecule has 2 bridgehead atoms. The maximum Gasteiger partial charge on any atom is 0.254 e. The van der Waals surface area contributed by atoms with Crippen LogP contribution < -0.4 is 4.74 Å². The number of terminal acetylenes is 1. The molecule has 6 atom stereocenters. The maximum absolute atomic E-state index is 12.9. The van der Waals surface area contributed by atoms with Crippen molar-refractivity contribution in [3.8, 4) is 18.1 Å². The first-order chi connectivity index (χ1) is 13.1. The molecular weight excluding hydrogens is 408 g/mol. The van der Waals surface area contributed by atoms with Crippen molar-refractivity contribution in [2.24, 2.45) is 40.6 Å². The Hall–Kier alpha value is -2.39. The zero-order valence-corrected chi connectivity index (χ0v) is 16.0. The quantitative estimate of drug-likeness (QED) is 0.323. The van der Waals surface area contributed by atoms with Crippen LogP contribution in [0.3, 0.4) is 0 Å². The van der Waals surface area contributed by atoms with Gasteiger partial charge in [-0.3, -0.25) is 9.59 Å². The van der Waals surface area contributed by atoms with Crippen molar-refractivity contribution in [2.45, 2.75) is 6.42 Å². The number of nitrogens with zero attached hydrogens (tertiary/aromatic N) is 2. The molecule has 0 aromatic heterocycles. The van der Waals surface area contributed by atoms with E-state index in [4.69, 9.17) is 11.2 Å². The molecule has 6 rings (SSSR count). The van der Waals surface area contributed by atoms with Gasteiger partial charge in [0.2, 0.25) is 0 Å². The zero-order valence-electron chi connectivity index (χ0n) is 14.4. The van der Waals surface area contributed by atoms with Gasteiger partial charge in [0, 0.05) is 10.0 Å². The van der Waals surface area contributed by atoms with Gasteiger partial charge in [-0.05, 0) is 48.3 Å². The van der Waals surface area contributed by atoms with Crippen LogP contribution in [-0.4, -0.2) is 29.6 Å². The molecule has 1 aromatic rings. The summed E-state index contributed by atoms with van der Waals surface area (Å²) in [4.78, 5) is 25.9. The van der Waals surface area contributed by atoms with Gasteiger partial charge in [-0.15, -0.1) is 6.42 Å². The molecule has 27 heavy (non-hydrogen) atoms. The van der Waals surface area contributed by atoms with Gasteiger partial charge >= 0.3 is 0 Å². The van der Waals surface area contributed by atoms with E-state index in [-0.39, 0.29) is 42.1 Å². The predicted molar refractivity (Wildman–Crippen MR) is 103 cm³/mol. The molecule has 2 saturated carbocycles. The fourth-order valence-corrected chi connectivity index (χ4v) is 5.42. The Morgan fingerprint density at radius 3 is 2.52 bits per heavy atom. The summed E-state index contributed by atoms with van der Waals surface area (Å²) in [5.41, 5.74) is 0.652. The number of hydrogen-bond acceptors (Lipinski definition) is 4. The van der Waals surface area contributed by atoms with Gasteiger partial charge in [0.1, 0.15) is 12.4 Å². The number of carbonyl (C=O) groups excluding carboxylic acids is 2. The van der Waals surface area contributed by atoms with E-state index in [0.29, 0.717) is 23.1 Å². The van der Waals surface area contributed by atoms with Crippen molar-refractivity contribution in [1.29, 1.82) is 0 Å². The van der Waals surface area contributed by atoms with E-state index in [1.165, 1.54) is 6.21 Å². The van der Waals surface area contributed by atoms with E-state index in [1.807, 2.05) is 12.1 Å². The van der Waals surface area contributed by atoms with Crippen LogP contribution in [0.4, 0.5) is 0 Å². The molecule has 1 saturated heterocycles. The topological polar surface area (TPSA) is 59.0 Å². The Morgan fingerprint density at radius 1 is 1.22 bits per heavy atom. The molecule has 1 aromatic carbocycles. The third-order valence-electron chi connectivity index (χ3n) is 6.23. The maximum atomic E-state index is 12.9. The predicted octanol–water partition coefficient (Wildman–Crippen LogP) is 2.85. The molecule has 4 aliphatic carbocycles. The zero-order chi connectivity index (χ0) is 18.7. The van der Waals surface area contributed by atoms with Gasteiger partial charge in [0.05, 0.1) is 18.1 Å². The minimum atomic E-state index is -0.243. The van der Waals surface area contributed by atoms with Crippen molar-refractivity contribution < 1.29 is 14.3 Å². The van der Waals surface area contributed by atoms with E-state index in [2.05, 4.69) is 39.1 Å². The van der Waals surface area contributed by atoms with Gasteiger partial charge in [-0.1, -0.05) is 34.0 Å². The van der Waals surface area contributed by atoms with E-state index in [1.54, 1.807) is 6.07 Å².